The molecule has 1 saturated heterocycles. The predicted octanol–water partition coefficient (Wildman–Crippen LogP) is 3.60. The van der Waals surface area contributed by atoms with E-state index < -0.39 is 0 Å². The highest BCUT2D eigenvalue weighted by Crippen LogP contribution is 2.33. The Morgan fingerprint density at radius 3 is 2.72 bits per heavy atom. The molecule has 1 aliphatic heterocycles. The lowest BCUT2D eigenvalue weighted by Gasteiger charge is -2.39. The normalized spacial score (nSPS) is 18.7. The predicted molar refractivity (Wildman–Crippen MR) is 82.6 cm³/mol. The van der Waals surface area contributed by atoms with Crippen LogP contribution in [0.15, 0.2) is 18.2 Å². The number of piperidine rings is 1. The zero-order valence-corrected chi connectivity index (χ0v) is 12.4. The largest absolute Gasteiger partial charge is 0.389 e. The smallest absolute Gasteiger partial charge is 0.105 e. The molecule has 0 aromatic heterocycles. The molecule has 98 valence electrons. The molecule has 0 atom stereocenters. The zero-order chi connectivity index (χ0) is 13.3. The van der Waals surface area contributed by atoms with Crippen LogP contribution in [0.1, 0.15) is 32.3 Å². The van der Waals surface area contributed by atoms with Crippen molar-refractivity contribution in [2.45, 2.75) is 26.7 Å². The molecule has 1 aromatic carbocycles. The molecule has 2 nitrogen and oxygen atoms in total. The second-order valence-electron chi connectivity index (χ2n) is 5.72. The number of hydrogen-bond acceptors (Lipinski definition) is 2. The molecule has 4 heteroatoms. The molecular formula is C14H19ClN2S. The van der Waals surface area contributed by atoms with Gasteiger partial charge in [0.1, 0.15) is 4.99 Å². The van der Waals surface area contributed by atoms with Gasteiger partial charge in [0.05, 0.1) is 5.02 Å². The SMILES string of the molecule is CC1(C)CCCN(c2ccc(C(N)=S)c(Cl)c2)C1. The van der Waals surface area contributed by atoms with E-state index in [2.05, 4.69) is 24.8 Å². The Bertz CT molecular complexity index is 471. The zero-order valence-electron chi connectivity index (χ0n) is 10.9. The van der Waals surface area contributed by atoms with E-state index in [1.165, 1.54) is 12.8 Å². The van der Waals surface area contributed by atoms with Gasteiger partial charge in [-0.25, -0.2) is 0 Å². The van der Waals surface area contributed by atoms with E-state index in [0.717, 1.165) is 24.3 Å². The molecule has 0 aliphatic carbocycles. The average Bonchev–Trinajstić information content (AvgIpc) is 2.27. The molecule has 1 aromatic rings. The second kappa shape index (κ2) is 5.06. The van der Waals surface area contributed by atoms with Gasteiger partial charge >= 0.3 is 0 Å². The standard InChI is InChI=1S/C14H19ClN2S/c1-14(2)6-3-7-17(9-14)10-4-5-11(13(16)18)12(15)8-10/h4-5,8H,3,6-7,9H2,1-2H3,(H2,16,18). The highest BCUT2D eigenvalue weighted by Gasteiger charge is 2.26. The van der Waals surface area contributed by atoms with Gasteiger partial charge in [-0.15, -0.1) is 0 Å². The minimum Gasteiger partial charge on any atom is -0.389 e. The van der Waals surface area contributed by atoms with Gasteiger partial charge in [0.25, 0.3) is 0 Å². The molecule has 0 bridgehead atoms. The molecule has 1 heterocycles. The monoisotopic (exact) mass is 282 g/mol. The molecule has 18 heavy (non-hydrogen) atoms. The lowest BCUT2D eigenvalue weighted by atomic mass is 9.84. The van der Waals surface area contributed by atoms with Crippen LogP contribution in [-0.2, 0) is 0 Å². The number of hydrogen-bond donors (Lipinski definition) is 1. The number of nitrogens with two attached hydrogens (primary N) is 1. The van der Waals surface area contributed by atoms with Gasteiger partial charge in [-0.3, -0.25) is 0 Å². The summed E-state index contributed by atoms with van der Waals surface area (Å²) >= 11 is 11.2. The van der Waals surface area contributed by atoms with Gasteiger partial charge in [0, 0.05) is 24.3 Å². The van der Waals surface area contributed by atoms with Crippen LogP contribution in [0, 0.1) is 5.41 Å². The van der Waals surface area contributed by atoms with Gasteiger partial charge in [0.2, 0.25) is 0 Å². The highest BCUT2D eigenvalue weighted by molar-refractivity contribution is 7.80. The van der Waals surface area contributed by atoms with E-state index in [1.54, 1.807) is 0 Å². The fourth-order valence-electron chi connectivity index (χ4n) is 2.54. The number of thiocarbonyl (C=S) groups is 1. The average molecular weight is 283 g/mol. The summed E-state index contributed by atoms with van der Waals surface area (Å²) in [5, 5.41) is 0.642. The third-order valence-corrected chi connectivity index (χ3v) is 4.02. The molecule has 0 amide bonds. The van der Waals surface area contributed by atoms with Gasteiger partial charge in [-0.05, 0) is 36.5 Å². The number of halogens is 1. The van der Waals surface area contributed by atoms with Gasteiger partial charge in [0.15, 0.2) is 0 Å². The maximum Gasteiger partial charge on any atom is 0.105 e. The molecule has 2 rings (SSSR count). The molecule has 0 radical (unpaired) electrons. The summed E-state index contributed by atoms with van der Waals surface area (Å²) in [6, 6.07) is 5.95. The fraction of sp³-hybridized carbons (Fsp3) is 0.500. The first-order chi connectivity index (χ1) is 8.39. The third kappa shape index (κ3) is 2.96. The molecule has 0 saturated carbocycles. The minimum atomic E-state index is 0.352. The Balaban J connectivity index is 2.24. The molecular weight excluding hydrogens is 264 g/mol. The summed E-state index contributed by atoms with van der Waals surface area (Å²) in [6.45, 7) is 6.77. The van der Waals surface area contributed by atoms with E-state index in [9.17, 15) is 0 Å². The van der Waals surface area contributed by atoms with E-state index >= 15 is 0 Å². The summed E-state index contributed by atoms with van der Waals surface area (Å²) in [5.74, 6) is 0. The fourth-order valence-corrected chi connectivity index (χ4v) is 3.05. The highest BCUT2D eigenvalue weighted by atomic mass is 35.5. The summed E-state index contributed by atoms with van der Waals surface area (Å²) in [5.41, 5.74) is 7.90. The maximum atomic E-state index is 6.22. The Hall–Kier alpha value is -0.800. The first kappa shape index (κ1) is 13.6. The summed E-state index contributed by atoms with van der Waals surface area (Å²) in [4.78, 5) is 2.74. The van der Waals surface area contributed by atoms with Crippen LogP contribution in [0.2, 0.25) is 5.02 Å². The Labute approximate surface area is 119 Å². The van der Waals surface area contributed by atoms with Crippen molar-refractivity contribution in [3.05, 3.63) is 28.8 Å². The van der Waals surface area contributed by atoms with Crippen molar-refractivity contribution in [1.82, 2.24) is 0 Å². The lowest BCUT2D eigenvalue weighted by molar-refractivity contribution is 0.293. The van der Waals surface area contributed by atoms with E-state index in [4.69, 9.17) is 29.6 Å². The second-order valence-corrected chi connectivity index (χ2v) is 6.56. The van der Waals surface area contributed by atoms with E-state index in [-0.39, 0.29) is 0 Å². The van der Waals surface area contributed by atoms with Crippen LogP contribution in [-0.4, -0.2) is 18.1 Å². The van der Waals surface area contributed by atoms with Crippen LogP contribution >= 0.6 is 23.8 Å². The minimum absolute atomic E-state index is 0.352. The molecule has 0 unspecified atom stereocenters. The van der Waals surface area contributed by atoms with Gasteiger partial charge in [-0.2, -0.15) is 0 Å². The first-order valence-corrected chi connectivity index (χ1v) is 7.02. The van der Waals surface area contributed by atoms with Crippen molar-refractivity contribution >= 4 is 34.5 Å². The summed E-state index contributed by atoms with van der Waals surface area (Å²) < 4.78 is 0. The van der Waals surface area contributed by atoms with Crippen LogP contribution in [0.25, 0.3) is 0 Å². The quantitative estimate of drug-likeness (QED) is 0.841. The number of anilines is 1. The number of nitrogens with zero attached hydrogens (tertiary/aromatic N) is 1. The van der Waals surface area contributed by atoms with Gasteiger partial charge < -0.3 is 10.6 Å². The molecule has 2 N–H and O–H groups in total. The Kier molecular flexibility index (Phi) is 3.83. The van der Waals surface area contributed by atoms with Crippen molar-refractivity contribution < 1.29 is 0 Å². The Morgan fingerprint density at radius 2 is 2.17 bits per heavy atom. The summed E-state index contributed by atoms with van der Waals surface area (Å²) in [6.07, 6.45) is 2.50. The molecule has 0 spiro atoms. The van der Waals surface area contributed by atoms with Crippen molar-refractivity contribution in [3.8, 4) is 0 Å². The third-order valence-electron chi connectivity index (χ3n) is 3.48. The van der Waals surface area contributed by atoms with Crippen molar-refractivity contribution in [1.29, 1.82) is 0 Å². The number of rotatable bonds is 2. The van der Waals surface area contributed by atoms with E-state index in [1.807, 2.05) is 12.1 Å². The van der Waals surface area contributed by atoms with Crippen LogP contribution < -0.4 is 10.6 Å². The topological polar surface area (TPSA) is 29.3 Å². The van der Waals surface area contributed by atoms with Gasteiger partial charge in [-0.1, -0.05) is 37.7 Å². The molecule has 1 fully saturated rings. The van der Waals surface area contributed by atoms with Crippen LogP contribution in [0.3, 0.4) is 0 Å². The van der Waals surface area contributed by atoms with E-state index in [0.29, 0.717) is 15.4 Å². The van der Waals surface area contributed by atoms with Crippen LogP contribution in [0.5, 0.6) is 0 Å². The molecule has 1 aliphatic rings. The first-order valence-electron chi connectivity index (χ1n) is 6.23. The lowest BCUT2D eigenvalue weighted by Crippen LogP contribution is -2.40. The van der Waals surface area contributed by atoms with Crippen LogP contribution in [0.4, 0.5) is 5.69 Å². The number of benzene rings is 1. The Morgan fingerprint density at radius 1 is 1.44 bits per heavy atom. The van der Waals surface area contributed by atoms with Crippen molar-refractivity contribution in [3.63, 3.8) is 0 Å². The van der Waals surface area contributed by atoms with Crippen molar-refractivity contribution in [2.24, 2.45) is 11.1 Å². The van der Waals surface area contributed by atoms with Crippen molar-refractivity contribution in [2.75, 3.05) is 18.0 Å². The maximum absolute atomic E-state index is 6.22. The summed E-state index contributed by atoms with van der Waals surface area (Å²) in [7, 11) is 0.